The van der Waals surface area contributed by atoms with E-state index >= 15 is 0 Å². The summed E-state index contributed by atoms with van der Waals surface area (Å²) in [7, 11) is 0. The second-order valence-corrected chi connectivity index (χ2v) is 1.61. The lowest BCUT2D eigenvalue weighted by atomic mass is 10.3. The van der Waals surface area contributed by atoms with Crippen LogP contribution >= 0.6 is 0 Å². The predicted octanol–water partition coefficient (Wildman–Crippen LogP) is 1.92. The van der Waals surface area contributed by atoms with Gasteiger partial charge in [-0.3, -0.25) is 0 Å². The SMILES string of the molecule is CC([O])C=CC(F)(F)F. The number of hydrogen-bond acceptors (Lipinski definition) is 0. The molecule has 0 heterocycles. The standard InChI is InChI=1S/C5H6F3O/c1-4(9)2-3-5(6,7)8/h2-4H,1H3. The molecule has 0 fully saturated rings. The van der Waals surface area contributed by atoms with Crippen molar-refractivity contribution in [1.82, 2.24) is 0 Å². The zero-order valence-electron chi connectivity index (χ0n) is 4.77. The number of allylic oxidation sites excluding steroid dienone is 1. The summed E-state index contributed by atoms with van der Waals surface area (Å²) in [5, 5.41) is 9.99. The van der Waals surface area contributed by atoms with Crippen LogP contribution in [0.15, 0.2) is 12.2 Å². The molecule has 0 rings (SSSR count). The van der Waals surface area contributed by atoms with Gasteiger partial charge < -0.3 is 0 Å². The van der Waals surface area contributed by atoms with Gasteiger partial charge in [0.05, 0.1) is 0 Å². The highest BCUT2D eigenvalue weighted by molar-refractivity contribution is 4.91. The largest absolute Gasteiger partial charge is 0.409 e. The molecule has 4 heteroatoms. The van der Waals surface area contributed by atoms with E-state index in [0.29, 0.717) is 6.08 Å². The van der Waals surface area contributed by atoms with E-state index in [4.69, 9.17) is 0 Å². The molecule has 1 radical (unpaired) electrons. The minimum Gasteiger partial charge on any atom is -0.229 e. The molecule has 0 aromatic carbocycles. The fraction of sp³-hybridized carbons (Fsp3) is 0.600. The van der Waals surface area contributed by atoms with Crippen molar-refractivity contribution in [1.29, 1.82) is 0 Å². The van der Waals surface area contributed by atoms with Gasteiger partial charge in [0.2, 0.25) is 0 Å². The molecule has 0 N–H and O–H groups in total. The zero-order valence-corrected chi connectivity index (χ0v) is 4.77. The van der Waals surface area contributed by atoms with Gasteiger partial charge in [0.15, 0.2) is 0 Å². The van der Waals surface area contributed by atoms with Crippen LogP contribution < -0.4 is 0 Å². The highest BCUT2D eigenvalue weighted by Crippen LogP contribution is 2.15. The van der Waals surface area contributed by atoms with Gasteiger partial charge in [-0.05, 0) is 13.0 Å². The number of hydrogen-bond donors (Lipinski definition) is 0. The van der Waals surface area contributed by atoms with E-state index < -0.39 is 12.3 Å². The van der Waals surface area contributed by atoms with Crippen molar-refractivity contribution in [2.75, 3.05) is 0 Å². The zero-order chi connectivity index (χ0) is 7.49. The second-order valence-electron chi connectivity index (χ2n) is 1.61. The quantitative estimate of drug-likeness (QED) is 0.494. The van der Waals surface area contributed by atoms with Crippen molar-refractivity contribution < 1.29 is 18.3 Å². The van der Waals surface area contributed by atoms with Crippen LogP contribution in [0.1, 0.15) is 6.92 Å². The molecule has 0 saturated carbocycles. The average molecular weight is 139 g/mol. The van der Waals surface area contributed by atoms with E-state index in [1.54, 1.807) is 0 Å². The predicted molar refractivity (Wildman–Crippen MR) is 25.3 cm³/mol. The van der Waals surface area contributed by atoms with E-state index in [2.05, 4.69) is 0 Å². The normalized spacial score (nSPS) is 16.6. The molecule has 0 aliphatic rings. The van der Waals surface area contributed by atoms with E-state index in [1.807, 2.05) is 0 Å². The van der Waals surface area contributed by atoms with Crippen LogP contribution in [0, 0.1) is 0 Å². The molecule has 1 atom stereocenters. The van der Waals surface area contributed by atoms with Crippen molar-refractivity contribution >= 4 is 0 Å². The molecule has 0 amide bonds. The minimum absolute atomic E-state index is 0.0509. The number of rotatable bonds is 1. The van der Waals surface area contributed by atoms with Gasteiger partial charge in [-0.1, -0.05) is 0 Å². The first kappa shape index (κ1) is 8.49. The molecule has 0 aromatic heterocycles. The summed E-state index contributed by atoms with van der Waals surface area (Å²) in [6.45, 7) is 1.14. The van der Waals surface area contributed by atoms with Gasteiger partial charge in [-0.15, -0.1) is 0 Å². The lowest BCUT2D eigenvalue weighted by Gasteiger charge is -1.96. The summed E-state index contributed by atoms with van der Waals surface area (Å²) < 4.78 is 33.6. The smallest absolute Gasteiger partial charge is 0.229 e. The summed E-state index contributed by atoms with van der Waals surface area (Å²) in [5.74, 6) is 0. The van der Waals surface area contributed by atoms with Crippen molar-refractivity contribution in [3.8, 4) is 0 Å². The van der Waals surface area contributed by atoms with Crippen molar-refractivity contribution in [2.45, 2.75) is 19.2 Å². The molecule has 9 heavy (non-hydrogen) atoms. The molecule has 0 aliphatic carbocycles. The second kappa shape index (κ2) is 2.87. The Morgan fingerprint density at radius 1 is 1.44 bits per heavy atom. The highest BCUT2D eigenvalue weighted by Gasteiger charge is 2.21. The Kier molecular flexibility index (Phi) is 2.70. The summed E-state index contributed by atoms with van der Waals surface area (Å²) in [6, 6.07) is 0. The third kappa shape index (κ3) is 7.49. The average Bonchev–Trinajstić information content (AvgIpc) is 1.59. The maximum absolute atomic E-state index is 11.2. The van der Waals surface area contributed by atoms with Gasteiger partial charge in [0, 0.05) is 6.08 Å². The van der Waals surface area contributed by atoms with Gasteiger partial charge in [0.25, 0.3) is 0 Å². The van der Waals surface area contributed by atoms with Crippen LogP contribution in [0.2, 0.25) is 0 Å². The fourth-order valence-electron chi connectivity index (χ4n) is 0.245. The van der Waals surface area contributed by atoms with Gasteiger partial charge in [0.1, 0.15) is 6.10 Å². The van der Waals surface area contributed by atoms with Gasteiger partial charge >= 0.3 is 6.18 Å². The van der Waals surface area contributed by atoms with Crippen LogP contribution in [0.4, 0.5) is 13.2 Å². The van der Waals surface area contributed by atoms with Crippen LogP contribution in [0.5, 0.6) is 0 Å². The van der Waals surface area contributed by atoms with Crippen molar-refractivity contribution in [3.63, 3.8) is 0 Å². The minimum atomic E-state index is -4.35. The van der Waals surface area contributed by atoms with Crippen LogP contribution in [0.3, 0.4) is 0 Å². The Bertz CT molecular complexity index is 103. The topological polar surface area (TPSA) is 19.9 Å². The summed E-state index contributed by atoms with van der Waals surface area (Å²) >= 11 is 0. The molecular weight excluding hydrogens is 133 g/mol. The fourth-order valence-corrected chi connectivity index (χ4v) is 0.245. The third-order valence-electron chi connectivity index (χ3n) is 0.556. The summed E-state index contributed by atoms with van der Waals surface area (Å²) in [6.07, 6.45) is -5.12. The Labute approximate surface area is 50.8 Å². The molecule has 0 saturated heterocycles. The maximum Gasteiger partial charge on any atom is 0.409 e. The molecule has 0 spiro atoms. The van der Waals surface area contributed by atoms with Crippen LogP contribution in [-0.2, 0) is 5.11 Å². The lowest BCUT2D eigenvalue weighted by molar-refractivity contribution is -0.0807. The Morgan fingerprint density at radius 2 is 1.89 bits per heavy atom. The molecule has 0 bridgehead atoms. The van der Waals surface area contributed by atoms with E-state index in [9.17, 15) is 18.3 Å². The molecule has 1 unspecified atom stereocenters. The Morgan fingerprint density at radius 3 is 2.00 bits per heavy atom. The van der Waals surface area contributed by atoms with Crippen LogP contribution in [-0.4, -0.2) is 12.3 Å². The monoisotopic (exact) mass is 139 g/mol. The molecular formula is C5H6F3O. The van der Waals surface area contributed by atoms with Gasteiger partial charge in [-0.2, -0.15) is 13.2 Å². The first-order valence-corrected chi connectivity index (χ1v) is 2.34. The Balaban J connectivity index is 3.71. The maximum atomic E-state index is 11.2. The first-order valence-electron chi connectivity index (χ1n) is 2.34. The molecule has 53 valence electrons. The summed E-state index contributed by atoms with van der Waals surface area (Å²) in [4.78, 5) is 0. The molecule has 0 aliphatic heterocycles. The Hall–Kier alpha value is -0.510. The molecule has 0 aromatic rings. The van der Waals surface area contributed by atoms with Crippen molar-refractivity contribution in [2.24, 2.45) is 0 Å². The summed E-state index contributed by atoms with van der Waals surface area (Å²) in [5.41, 5.74) is 0. The van der Waals surface area contributed by atoms with E-state index in [1.165, 1.54) is 0 Å². The lowest BCUT2D eigenvalue weighted by Crippen LogP contribution is -2.03. The van der Waals surface area contributed by atoms with Crippen LogP contribution in [0.25, 0.3) is 0 Å². The third-order valence-corrected chi connectivity index (χ3v) is 0.556. The van der Waals surface area contributed by atoms with E-state index in [0.717, 1.165) is 6.92 Å². The first-order chi connectivity index (χ1) is 3.92. The van der Waals surface area contributed by atoms with Gasteiger partial charge in [-0.25, -0.2) is 5.11 Å². The highest BCUT2D eigenvalue weighted by atomic mass is 19.4. The number of halogens is 3. The van der Waals surface area contributed by atoms with Crippen molar-refractivity contribution in [3.05, 3.63) is 12.2 Å². The number of alkyl halides is 3. The van der Waals surface area contributed by atoms with E-state index in [-0.39, 0.29) is 6.08 Å². The molecule has 1 nitrogen and oxygen atoms in total.